The van der Waals surface area contributed by atoms with Crippen molar-refractivity contribution >= 4 is 52.7 Å². The molecule has 0 spiro atoms. The van der Waals surface area contributed by atoms with Crippen LogP contribution >= 0.6 is 31.9 Å². The Morgan fingerprint density at radius 3 is 2.24 bits per heavy atom. The van der Waals surface area contributed by atoms with Crippen LogP contribution in [0.15, 0.2) is 70.4 Å². The Morgan fingerprint density at radius 1 is 1.00 bits per heavy atom. The Kier molecular flexibility index (Phi) is 4.92. The minimum atomic E-state index is -3.97. The third-order valence-corrected chi connectivity index (χ3v) is 6.67. The molecule has 0 amide bonds. The van der Waals surface area contributed by atoms with Crippen molar-refractivity contribution in [3.63, 3.8) is 0 Å². The van der Waals surface area contributed by atoms with Crippen molar-refractivity contribution < 1.29 is 12.8 Å². The van der Waals surface area contributed by atoms with Gasteiger partial charge in [-0.2, -0.15) is 0 Å². The molecule has 4 nitrogen and oxygen atoms in total. The summed E-state index contributed by atoms with van der Waals surface area (Å²) in [6.07, 6.45) is 0. The van der Waals surface area contributed by atoms with E-state index in [-0.39, 0.29) is 15.7 Å². The van der Waals surface area contributed by atoms with Gasteiger partial charge in [-0.15, -0.1) is 0 Å². The molecule has 0 unspecified atom stereocenters. The Balaban J connectivity index is 2.20. The Labute approximate surface area is 162 Å². The highest BCUT2D eigenvalue weighted by Crippen LogP contribution is 2.30. The molecule has 130 valence electrons. The zero-order chi connectivity index (χ0) is 18.4. The van der Waals surface area contributed by atoms with Crippen LogP contribution in [0.25, 0.3) is 11.0 Å². The summed E-state index contributed by atoms with van der Waals surface area (Å²) < 4.78 is 32.3. The Morgan fingerprint density at radius 2 is 1.64 bits per heavy atom. The van der Waals surface area contributed by atoms with Crippen LogP contribution in [0.2, 0.25) is 0 Å². The zero-order valence-electron chi connectivity index (χ0n) is 13.4. The predicted molar refractivity (Wildman–Crippen MR) is 104 cm³/mol. The fraction of sp³-hybridized carbons (Fsp3) is 0.167. The zero-order valence-corrected chi connectivity index (χ0v) is 17.4. The number of hydrogen-bond donors (Lipinski definition) is 0. The van der Waals surface area contributed by atoms with Crippen molar-refractivity contribution in [2.45, 2.75) is 29.6 Å². The number of halogens is 2. The first-order valence-electron chi connectivity index (χ1n) is 7.48. The van der Waals surface area contributed by atoms with E-state index in [1.807, 2.05) is 13.8 Å². The normalized spacial score (nSPS) is 12.0. The van der Waals surface area contributed by atoms with Gasteiger partial charge in [-0.25, -0.2) is 13.2 Å². The van der Waals surface area contributed by atoms with Crippen molar-refractivity contribution in [1.29, 1.82) is 0 Å². The molecule has 7 heteroatoms. The molecule has 0 aliphatic rings. The summed E-state index contributed by atoms with van der Waals surface area (Å²) in [6.45, 7) is 4.05. The lowest BCUT2D eigenvalue weighted by Crippen LogP contribution is -2.14. The predicted octanol–water partition coefficient (Wildman–Crippen LogP) is 5.27. The molecule has 1 heterocycles. The van der Waals surface area contributed by atoms with Gasteiger partial charge in [0.25, 0.3) is 0 Å². The molecule has 1 aromatic heterocycles. The van der Waals surface area contributed by atoms with E-state index in [9.17, 15) is 13.2 Å². The number of fused-ring (bicyclic) bond motifs is 1. The van der Waals surface area contributed by atoms with Gasteiger partial charge in [-0.3, -0.25) is 0 Å². The molecule has 0 fully saturated rings. The van der Waals surface area contributed by atoms with E-state index >= 15 is 0 Å². The number of hydrogen-bond acceptors (Lipinski definition) is 4. The standard InChI is InChI=1S/C18H14Br2O4S/c1-10(2)11-3-5-14(6-4-11)25(22,23)16-8-12-7-13(19)9-15(20)17(12)24-18(16)21/h3-10H,1-2H3. The Bertz CT molecular complexity index is 1110. The van der Waals surface area contributed by atoms with Gasteiger partial charge in [0.1, 0.15) is 0 Å². The summed E-state index contributed by atoms with van der Waals surface area (Å²) in [6, 6.07) is 11.3. The van der Waals surface area contributed by atoms with Gasteiger partial charge >= 0.3 is 5.63 Å². The quantitative estimate of drug-likeness (QED) is 0.473. The third kappa shape index (κ3) is 3.45. The third-order valence-electron chi connectivity index (χ3n) is 3.87. The lowest BCUT2D eigenvalue weighted by atomic mass is 10.0. The van der Waals surface area contributed by atoms with E-state index in [1.54, 1.807) is 24.3 Å². The summed E-state index contributed by atoms with van der Waals surface area (Å²) in [7, 11) is -3.97. The molecule has 0 radical (unpaired) electrons. The van der Waals surface area contributed by atoms with Gasteiger partial charge in [-0.05, 0) is 57.7 Å². The van der Waals surface area contributed by atoms with Crippen LogP contribution in [0.5, 0.6) is 0 Å². The molecule has 0 N–H and O–H groups in total. The molecule has 0 aliphatic heterocycles. The highest BCUT2D eigenvalue weighted by molar-refractivity contribution is 9.11. The first kappa shape index (κ1) is 18.4. The van der Waals surface area contributed by atoms with Crippen molar-refractivity contribution in [2.75, 3.05) is 0 Å². The average molecular weight is 486 g/mol. The summed E-state index contributed by atoms with van der Waals surface area (Å²) in [5, 5.41) is 0.512. The van der Waals surface area contributed by atoms with Crippen molar-refractivity contribution in [1.82, 2.24) is 0 Å². The number of benzene rings is 2. The maximum absolute atomic E-state index is 12.9. The van der Waals surface area contributed by atoms with Crippen molar-refractivity contribution in [3.05, 3.63) is 67.4 Å². The second-order valence-corrected chi connectivity index (χ2v) is 9.62. The van der Waals surface area contributed by atoms with E-state index in [0.29, 0.717) is 15.4 Å². The average Bonchev–Trinajstić information content (AvgIpc) is 2.55. The molecule has 0 bridgehead atoms. The van der Waals surface area contributed by atoms with E-state index in [4.69, 9.17) is 4.42 Å². The van der Waals surface area contributed by atoms with E-state index in [2.05, 4.69) is 31.9 Å². The second kappa shape index (κ2) is 6.70. The van der Waals surface area contributed by atoms with Crippen LogP contribution in [-0.4, -0.2) is 8.42 Å². The van der Waals surface area contributed by atoms with Gasteiger partial charge in [0, 0.05) is 9.86 Å². The Hall–Kier alpha value is -1.44. The first-order valence-corrected chi connectivity index (χ1v) is 10.5. The SMILES string of the molecule is CC(C)c1ccc(S(=O)(=O)c2cc3cc(Br)cc(Br)c3oc2=O)cc1. The minimum absolute atomic E-state index is 0.0672. The molecule has 3 aromatic rings. The summed E-state index contributed by atoms with van der Waals surface area (Å²) >= 11 is 6.66. The first-order chi connectivity index (χ1) is 11.7. The lowest BCUT2D eigenvalue weighted by Gasteiger charge is -2.08. The summed E-state index contributed by atoms with van der Waals surface area (Å²) in [4.78, 5) is 12.0. The highest BCUT2D eigenvalue weighted by atomic mass is 79.9. The van der Waals surface area contributed by atoms with Gasteiger partial charge in [0.2, 0.25) is 9.84 Å². The van der Waals surface area contributed by atoms with Crippen LogP contribution in [0.3, 0.4) is 0 Å². The van der Waals surface area contributed by atoms with Crippen LogP contribution in [0, 0.1) is 0 Å². The van der Waals surface area contributed by atoms with Crippen molar-refractivity contribution in [3.8, 4) is 0 Å². The molecule has 3 rings (SSSR count). The minimum Gasteiger partial charge on any atom is -0.421 e. The fourth-order valence-corrected chi connectivity index (χ4v) is 5.12. The second-order valence-electron chi connectivity index (χ2n) is 5.93. The van der Waals surface area contributed by atoms with E-state index < -0.39 is 15.5 Å². The van der Waals surface area contributed by atoms with Crippen LogP contribution in [0.4, 0.5) is 0 Å². The van der Waals surface area contributed by atoms with Gasteiger partial charge in [0.15, 0.2) is 10.5 Å². The van der Waals surface area contributed by atoms with E-state index in [0.717, 1.165) is 10.0 Å². The smallest absolute Gasteiger partial charge is 0.355 e. The summed E-state index contributed by atoms with van der Waals surface area (Å²) in [5.74, 6) is 0.289. The van der Waals surface area contributed by atoms with Gasteiger partial charge in [0.05, 0.1) is 9.37 Å². The molecular formula is C18H14Br2O4S. The molecule has 0 saturated carbocycles. The monoisotopic (exact) mass is 484 g/mol. The maximum Gasteiger partial charge on any atom is 0.355 e. The van der Waals surface area contributed by atoms with Crippen molar-refractivity contribution in [2.24, 2.45) is 0 Å². The highest BCUT2D eigenvalue weighted by Gasteiger charge is 2.24. The molecule has 25 heavy (non-hydrogen) atoms. The number of rotatable bonds is 3. The topological polar surface area (TPSA) is 64.3 Å². The lowest BCUT2D eigenvalue weighted by molar-refractivity contribution is 0.531. The largest absolute Gasteiger partial charge is 0.421 e. The molecule has 2 aromatic carbocycles. The number of sulfone groups is 1. The van der Waals surface area contributed by atoms with Crippen LogP contribution in [-0.2, 0) is 9.84 Å². The molecule has 0 atom stereocenters. The van der Waals surface area contributed by atoms with Crippen LogP contribution < -0.4 is 5.63 Å². The molecule has 0 saturated heterocycles. The van der Waals surface area contributed by atoms with Gasteiger partial charge < -0.3 is 4.42 Å². The molecular weight excluding hydrogens is 472 g/mol. The molecule has 0 aliphatic carbocycles. The maximum atomic E-state index is 12.9. The fourth-order valence-electron chi connectivity index (χ4n) is 2.48. The van der Waals surface area contributed by atoms with E-state index in [1.165, 1.54) is 18.2 Å². The van der Waals surface area contributed by atoms with Crippen LogP contribution in [0.1, 0.15) is 25.3 Å². The summed E-state index contributed by atoms with van der Waals surface area (Å²) in [5.41, 5.74) is 0.447. The van der Waals surface area contributed by atoms with Gasteiger partial charge in [-0.1, -0.05) is 41.9 Å².